The summed E-state index contributed by atoms with van der Waals surface area (Å²) in [7, 11) is 5.27. The molecule has 0 saturated carbocycles. The minimum Gasteiger partial charge on any atom is -0.295 e. The van der Waals surface area contributed by atoms with E-state index in [9.17, 15) is 0 Å². The second-order valence-corrected chi connectivity index (χ2v) is 6.32. The molecule has 0 amide bonds. The quantitative estimate of drug-likeness (QED) is 0.482. The molecule has 3 aromatic rings. The first-order valence-electron chi connectivity index (χ1n) is 6.01. The second kappa shape index (κ2) is 4.96. The smallest absolute Gasteiger partial charge is 0.0450 e. The molecule has 0 spiro atoms. The molecule has 3 aromatic carbocycles. The summed E-state index contributed by atoms with van der Waals surface area (Å²) in [6.07, 6.45) is 0. The predicted octanol–water partition coefficient (Wildman–Crippen LogP) is 3.09. The van der Waals surface area contributed by atoms with Crippen LogP contribution >= 0.6 is 7.80 Å². The van der Waals surface area contributed by atoms with Crippen LogP contribution in [0.2, 0.25) is 0 Å². The molecular formula is C16H13BP. The van der Waals surface area contributed by atoms with Crippen LogP contribution in [0.25, 0.3) is 10.8 Å². The summed E-state index contributed by atoms with van der Waals surface area (Å²) < 4.78 is 0. The van der Waals surface area contributed by atoms with Gasteiger partial charge in [0, 0.05) is 10.6 Å². The van der Waals surface area contributed by atoms with Gasteiger partial charge in [0.15, 0.2) is 0 Å². The maximum absolute atomic E-state index is 6.41. The Morgan fingerprint density at radius 3 is 2.06 bits per heavy atom. The van der Waals surface area contributed by atoms with E-state index in [2.05, 4.69) is 54.6 Å². The third kappa shape index (κ3) is 2.19. The highest BCUT2D eigenvalue weighted by molar-refractivity contribution is 7.94. The van der Waals surface area contributed by atoms with Crippen LogP contribution in [-0.2, 0) is 0 Å². The zero-order valence-corrected chi connectivity index (χ0v) is 11.0. The molecule has 2 heteroatoms. The van der Waals surface area contributed by atoms with Gasteiger partial charge in [0.05, 0.1) is 0 Å². The van der Waals surface area contributed by atoms with Crippen LogP contribution in [0.5, 0.6) is 0 Å². The van der Waals surface area contributed by atoms with Gasteiger partial charge in [-0.15, -0.1) is 0 Å². The molecule has 0 nitrogen and oxygen atoms in total. The van der Waals surface area contributed by atoms with Gasteiger partial charge in [-0.3, -0.25) is 7.57 Å². The summed E-state index contributed by atoms with van der Waals surface area (Å²) in [5.74, 6) is 0. The third-order valence-electron chi connectivity index (χ3n) is 3.15. The van der Waals surface area contributed by atoms with Gasteiger partial charge in [-0.05, 0) is 35.0 Å². The second-order valence-electron chi connectivity index (χ2n) is 4.34. The largest absolute Gasteiger partial charge is 0.295 e. The Hall–Kier alpha value is -1.59. The molecule has 0 fully saturated rings. The normalized spacial score (nSPS) is 12.5. The van der Waals surface area contributed by atoms with Crippen LogP contribution in [-0.4, -0.2) is 7.57 Å². The fraction of sp³-hybridized carbons (Fsp3) is 0. The third-order valence-corrected chi connectivity index (χ3v) is 5.03. The van der Waals surface area contributed by atoms with Crippen molar-refractivity contribution in [3.05, 3.63) is 72.8 Å². The van der Waals surface area contributed by atoms with Gasteiger partial charge in [-0.1, -0.05) is 48.5 Å². The first-order valence-corrected chi connectivity index (χ1v) is 7.59. The molecule has 3 rings (SSSR count). The maximum atomic E-state index is 6.41. The predicted molar refractivity (Wildman–Crippen MR) is 83.7 cm³/mol. The molecular weight excluding hydrogens is 234 g/mol. The zero-order valence-electron chi connectivity index (χ0n) is 10.0. The lowest BCUT2D eigenvalue weighted by molar-refractivity contribution is 1.77. The van der Waals surface area contributed by atoms with Crippen LogP contribution in [0.3, 0.4) is 0 Å². The van der Waals surface area contributed by atoms with Crippen LogP contribution in [0.15, 0.2) is 72.8 Å². The van der Waals surface area contributed by atoms with Crippen molar-refractivity contribution < 1.29 is 0 Å². The first-order chi connectivity index (χ1) is 8.84. The topological polar surface area (TPSA) is 0 Å². The molecule has 0 heterocycles. The average molecular weight is 247 g/mol. The van der Waals surface area contributed by atoms with E-state index in [-0.39, 0.29) is 0 Å². The summed E-state index contributed by atoms with van der Waals surface area (Å²) in [6, 6.07) is 25.3. The average Bonchev–Trinajstić information content (AvgIpc) is 2.47. The van der Waals surface area contributed by atoms with Gasteiger partial charge < -0.3 is 0 Å². The lowest BCUT2D eigenvalue weighted by atomic mass is 10.1. The molecule has 18 heavy (non-hydrogen) atoms. The summed E-state index contributed by atoms with van der Waals surface area (Å²) >= 11 is 0. The highest BCUT2D eigenvalue weighted by atomic mass is 31.1. The monoisotopic (exact) mass is 247 g/mol. The number of fused-ring (bicyclic) bond motifs is 1. The Morgan fingerprint density at radius 1 is 0.611 bits per heavy atom. The number of benzene rings is 3. The van der Waals surface area contributed by atoms with Crippen molar-refractivity contribution in [2.45, 2.75) is 0 Å². The van der Waals surface area contributed by atoms with E-state index in [4.69, 9.17) is 7.57 Å². The summed E-state index contributed by atoms with van der Waals surface area (Å²) in [5, 5.41) is 5.03. The van der Waals surface area contributed by atoms with Crippen molar-refractivity contribution in [1.82, 2.24) is 0 Å². The van der Waals surface area contributed by atoms with Gasteiger partial charge in [0.25, 0.3) is 0 Å². The molecule has 3 radical (unpaired) electrons. The summed E-state index contributed by atoms with van der Waals surface area (Å²) in [4.78, 5) is 0. The number of hydrogen-bond acceptors (Lipinski definition) is 0. The Morgan fingerprint density at radius 2 is 1.28 bits per heavy atom. The van der Waals surface area contributed by atoms with E-state index in [1.807, 2.05) is 18.2 Å². The fourth-order valence-electron chi connectivity index (χ4n) is 2.14. The highest BCUT2D eigenvalue weighted by Gasteiger charge is 2.05. The zero-order chi connectivity index (χ0) is 12.4. The van der Waals surface area contributed by atoms with Crippen molar-refractivity contribution in [1.29, 1.82) is 0 Å². The SMILES string of the molecule is [B-][PH+](c1ccccc1)c1ccc2ccccc2c1. The summed E-state index contributed by atoms with van der Waals surface area (Å²) in [6.45, 7) is 0. The van der Waals surface area contributed by atoms with E-state index >= 15 is 0 Å². The van der Waals surface area contributed by atoms with Crippen molar-refractivity contribution >= 4 is 36.7 Å². The van der Waals surface area contributed by atoms with Crippen LogP contribution < -0.4 is 10.6 Å². The van der Waals surface area contributed by atoms with E-state index < -0.39 is 7.80 Å². The van der Waals surface area contributed by atoms with E-state index in [0.29, 0.717) is 0 Å². The van der Waals surface area contributed by atoms with Crippen molar-refractivity contribution in [2.75, 3.05) is 0 Å². The van der Waals surface area contributed by atoms with Crippen molar-refractivity contribution in [2.24, 2.45) is 0 Å². The Kier molecular flexibility index (Phi) is 3.17. The number of rotatable bonds is 2. The Bertz CT molecular complexity index is 664. The summed E-state index contributed by atoms with van der Waals surface area (Å²) in [5.41, 5.74) is 0. The molecule has 0 aliphatic carbocycles. The molecule has 0 saturated heterocycles. The van der Waals surface area contributed by atoms with Gasteiger partial charge in [0.1, 0.15) is 0 Å². The highest BCUT2D eigenvalue weighted by Crippen LogP contribution is 2.28. The van der Waals surface area contributed by atoms with Crippen LogP contribution in [0.1, 0.15) is 0 Å². The standard InChI is InChI=1S/C16H13BP/c17-18(15-8-2-1-3-9-15)16-11-10-13-6-4-5-7-14(13)12-16/h1-12,18H. The number of hydrogen-bond donors (Lipinski definition) is 0. The molecule has 0 aliphatic heterocycles. The van der Waals surface area contributed by atoms with Crippen molar-refractivity contribution in [3.63, 3.8) is 0 Å². The van der Waals surface area contributed by atoms with E-state index in [1.54, 1.807) is 0 Å². The van der Waals surface area contributed by atoms with E-state index in [0.717, 1.165) is 0 Å². The lowest BCUT2D eigenvalue weighted by Gasteiger charge is -2.17. The van der Waals surface area contributed by atoms with E-state index in [1.165, 1.54) is 21.4 Å². The first kappa shape index (κ1) is 11.5. The van der Waals surface area contributed by atoms with Gasteiger partial charge >= 0.3 is 0 Å². The molecule has 0 aliphatic rings. The van der Waals surface area contributed by atoms with Crippen LogP contribution in [0.4, 0.5) is 0 Å². The maximum Gasteiger partial charge on any atom is 0.0450 e. The van der Waals surface area contributed by atoms with Gasteiger partial charge in [-0.25, -0.2) is 0 Å². The molecule has 1 atom stereocenters. The minimum atomic E-state index is -1.14. The Labute approximate surface area is 110 Å². The van der Waals surface area contributed by atoms with Crippen molar-refractivity contribution in [3.8, 4) is 0 Å². The molecule has 0 aromatic heterocycles. The minimum absolute atomic E-state index is 1.14. The molecule has 1 unspecified atom stereocenters. The molecule has 0 bridgehead atoms. The van der Waals surface area contributed by atoms with Gasteiger partial charge in [0.2, 0.25) is 0 Å². The van der Waals surface area contributed by atoms with Gasteiger partial charge in [-0.2, -0.15) is 7.80 Å². The lowest BCUT2D eigenvalue weighted by Crippen LogP contribution is -2.11. The molecule has 85 valence electrons. The van der Waals surface area contributed by atoms with Crippen LogP contribution in [0, 0.1) is 0 Å². The molecule has 0 N–H and O–H groups in total. The fourth-order valence-corrected chi connectivity index (χ4v) is 3.60. The Balaban J connectivity index is 2.04.